The minimum atomic E-state index is 0. The summed E-state index contributed by atoms with van der Waals surface area (Å²) in [4.78, 5) is 4.41. The third-order valence-corrected chi connectivity index (χ3v) is 3.53. The maximum absolute atomic E-state index is 4.41. The van der Waals surface area contributed by atoms with E-state index in [0.29, 0.717) is 0 Å². The summed E-state index contributed by atoms with van der Waals surface area (Å²) in [6.45, 7) is 2.11. The second-order valence-electron chi connectivity index (χ2n) is 5.19. The Bertz CT molecular complexity index is 811. The van der Waals surface area contributed by atoms with Gasteiger partial charge in [-0.3, -0.25) is 0 Å². The molecule has 1 heterocycles. The fourth-order valence-electron chi connectivity index (χ4n) is 2.31. The number of hydrogen-bond acceptors (Lipinski definition) is 1. The Morgan fingerprint density at radius 1 is 0.957 bits per heavy atom. The number of aliphatic imine (C=N–C) groups is 1. The van der Waals surface area contributed by atoms with Crippen LogP contribution in [0.15, 0.2) is 71.9 Å². The zero-order valence-corrected chi connectivity index (χ0v) is 16.2. The Kier molecular flexibility index (Phi) is 6.38. The van der Waals surface area contributed by atoms with Crippen molar-refractivity contribution in [3.05, 3.63) is 84.1 Å². The van der Waals surface area contributed by atoms with Crippen LogP contribution in [0, 0.1) is 13.0 Å². The molecule has 1 aromatic heterocycles. The first kappa shape index (κ1) is 17.7. The van der Waals surface area contributed by atoms with E-state index in [1.807, 2.05) is 61.8 Å². The molecule has 3 heteroatoms. The van der Waals surface area contributed by atoms with Gasteiger partial charge in [0, 0.05) is 32.7 Å². The summed E-state index contributed by atoms with van der Waals surface area (Å²) < 4.78 is 2.06. The van der Waals surface area contributed by atoms with E-state index in [2.05, 4.69) is 40.9 Å². The van der Waals surface area contributed by atoms with E-state index in [1.54, 1.807) is 0 Å². The van der Waals surface area contributed by atoms with E-state index in [9.17, 15) is 0 Å². The smallest absolute Gasteiger partial charge is 0.135 e. The SMILES string of the molecule is Cc1ccccc1-c1[c-]c(N=[C-]c2ccccc2)cc[n+]1C.[Y]. The van der Waals surface area contributed by atoms with Crippen molar-refractivity contribution in [1.29, 1.82) is 0 Å². The molecule has 0 saturated carbocycles. The van der Waals surface area contributed by atoms with Crippen LogP contribution in [0.25, 0.3) is 11.3 Å². The maximum Gasteiger partial charge on any atom is 0.135 e. The summed E-state index contributed by atoms with van der Waals surface area (Å²) >= 11 is 0. The summed E-state index contributed by atoms with van der Waals surface area (Å²) in [5.41, 5.74) is 5.15. The van der Waals surface area contributed by atoms with E-state index in [0.717, 1.165) is 16.9 Å². The van der Waals surface area contributed by atoms with Crippen LogP contribution in [0.3, 0.4) is 0 Å². The van der Waals surface area contributed by atoms with Gasteiger partial charge < -0.3 is 4.99 Å². The fourth-order valence-corrected chi connectivity index (χ4v) is 2.31. The molecule has 3 aromatic rings. The Balaban J connectivity index is 0.00000192. The average molecular weight is 374 g/mol. The van der Waals surface area contributed by atoms with Crippen LogP contribution < -0.4 is 4.57 Å². The van der Waals surface area contributed by atoms with Crippen molar-refractivity contribution < 1.29 is 37.3 Å². The van der Waals surface area contributed by atoms with Crippen molar-refractivity contribution in [3.63, 3.8) is 0 Å². The number of nitrogens with zero attached hydrogens (tertiary/aromatic N) is 2. The third kappa shape index (κ3) is 4.43. The standard InChI is InChI=1S/C20H17N2.Y/c1-16-8-6-7-11-19(16)20-14-18(12-13-22(20)2)21-15-17-9-4-3-5-10-17;/h3-13H,1-2H3;/q-1;. The van der Waals surface area contributed by atoms with Gasteiger partial charge in [0.1, 0.15) is 13.2 Å². The number of hydrogen-bond donors (Lipinski definition) is 0. The molecule has 0 aliphatic rings. The van der Waals surface area contributed by atoms with Crippen LogP contribution >= 0.6 is 0 Å². The summed E-state index contributed by atoms with van der Waals surface area (Å²) in [5.74, 6) is 0. The van der Waals surface area contributed by atoms with E-state index in [-0.39, 0.29) is 32.7 Å². The molecule has 0 unspecified atom stereocenters. The largest absolute Gasteiger partial charge is 0.377 e. The Morgan fingerprint density at radius 2 is 1.65 bits per heavy atom. The third-order valence-electron chi connectivity index (χ3n) is 3.53. The van der Waals surface area contributed by atoms with Gasteiger partial charge in [-0.05, 0) is 6.21 Å². The molecule has 0 atom stereocenters. The van der Waals surface area contributed by atoms with Gasteiger partial charge >= 0.3 is 0 Å². The molecule has 0 amide bonds. The molecule has 0 spiro atoms. The van der Waals surface area contributed by atoms with E-state index in [1.165, 1.54) is 11.1 Å². The van der Waals surface area contributed by atoms with Crippen LogP contribution in [0.4, 0.5) is 5.69 Å². The minimum absolute atomic E-state index is 0. The van der Waals surface area contributed by atoms with Crippen molar-refractivity contribution in [2.45, 2.75) is 6.92 Å². The van der Waals surface area contributed by atoms with Crippen LogP contribution in [-0.2, 0) is 39.8 Å². The minimum Gasteiger partial charge on any atom is -0.377 e. The van der Waals surface area contributed by atoms with Gasteiger partial charge in [-0.15, -0.1) is 53.7 Å². The first-order valence-corrected chi connectivity index (χ1v) is 7.24. The van der Waals surface area contributed by atoms with Gasteiger partial charge in [0.05, 0.1) is 5.69 Å². The zero-order valence-electron chi connectivity index (χ0n) is 13.3. The fraction of sp³-hybridized carbons (Fsp3) is 0.100. The molecule has 0 fully saturated rings. The first-order valence-electron chi connectivity index (χ1n) is 7.24. The molecular formula is C20H17N2Y-. The molecule has 3 rings (SSSR count). The van der Waals surface area contributed by atoms with Crippen molar-refractivity contribution in [2.75, 3.05) is 0 Å². The normalized spacial score (nSPS) is 10.5. The Hall–Kier alpha value is -1.64. The number of benzene rings is 2. The number of pyridine rings is 1. The summed E-state index contributed by atoms with van der Waals surface area (Å²) in [6.07, 6.45) is 5.06. The predicted molar refractivity (Wildman–Crippen MR) is 89.3 cm³/mol. The van der Waals surface area contributed by atoms with Crippen LogP contribution in [0.1, 0.15) is 11.1 Å². The predicted octanol–water partition coefficient (Wildman–Crippen LogP) is 3.91. The van der Waals surface area contributed by atoms with Gasteiger partial charge in [-0.2, -0.15) is 0 Å². The van der Waals surface area contributed by atoms with E-state index >= 15 is 0 Å². The Morgan fingerprint density at radius 3 is 2.39 bits per heavy atom. The van der Waals surface area contributed by atoms with Crippen LogP contribution in [0.2, 0.25) is 0 Å². The van der Waals surface area contributed by atoms with Crippen molar-refractivity contribution in [2.24, 2.45) is 12.0 Å². The number of rotatable bonds is 3. The summed E-state index contributed by atoms with van der Waals surface area (Å²) in [5, 5.41) is 0. The first-order chi connectivity index (χ1) is 10.7. The van der Waals surface area contributed by atoms with Crippen molar-refractivity contribution in [3.8, 4) is 11.3 Å². The van der Waals surface area contributed by atoms with Crippen molar-refractivity contribution >= 4 is 11.9 Å². The Labute approximate surface area is 162 Å². The summed E-state index contributed by atoms with van der Waals surface area (Å²) in [6, 6.07) is 23.5. The van der Waals surface area contributed by atoms with Gasteiger partial charge in [0.15, 0.2) is 0 Å². The summed E-state index contributed by atoms with van der Waals surface area (Å²) in [7, 11) is 2.02. The molecule has 1 radical (unpaired) electrons. The molecule has 2 nitrogen and oxygen atoms in total. The number of aryl methyl sites for hydroxylation is 2. The second kappa shape index (κ2) is 8.28. The molecule has 0 aliphatic heterocycles. The molecule has 0 N–H and O–H groups in total. The number of aromatic nitrogens is 1. The van der Waals surface area contributed by atoms with Crippen LogP contribution in [0.5, 0.6) is 0 Å². The monoisotopic (exact) mass is 374 g/mol. The zero-order chi connectivity index (χ0) is 15.4. The molecule has 0 aliphatic carbocycles. The second-order valence-corrected chi connectivity index (χ2v) is 5.19. The topological polar surface area (TPSA) is 16.2 Å². The molecule has 0 saturated heterocycles. The quantitative estimate of drug-likeness (QED) is 0.376. The van der Waals surface area contributed by atoms with Crippen LogP contribution in [-0.4, -0.2) is 6.21 Å². The van der Waals surface area contributed by atoms with Gasteiger partial charge in [0.2, 0.25) is 0 Å². The molecule has 111 valence electrons. The van der Waals surface area contributed by atoms with E-state index in [4.69, 9.17) is 0 Å². The van der Waals surface area contributed by atoms with Gasteiger partial charge in [-0.1, -0.05) is 42.3 Å². The van der Waals surface area contributed by atoms with Gasteiger partial charge in [-0.25, -0.2) is 4.57 Å². The average Bonchev–Trinajstić information content (AvgIpc) is 2.56. The molecule has 23 heavy (non-hydrogen) atoms. The maximum atomic E-state index is 4.41. The van der Waals surface area contributed by atoms with Gasteiger partial charge in [0.25, 0.3) is 0 Å². The molecule has 0 bridgehead atoms. The van der Waals surface area contributed by atoms with Crippen molar-refractivity contribution in [1.82, 2.24) is 0 Å². The molecular weight excluding hydrogens is 357 g/mol. The molecule has 2 aromatic carbocycles. The van der Waals surface area contributed by atoms with E-state index < -0.39 is 0 Å².